The van der Waals surface area contributed by atoms with Gasteiger partial charge < -0.3 is 15.7 Å². The van der Waals surface area contributed by atoms with E-state index in [0.29, 0.717) is 26.1 Å². The molecule has 0 aromatic carbocycles. The SMILES string of the molecule is CC(CN)CC(=O)N1CCC(CC(=O)O)C1. The molecule has 5 nitrogen and oxygen atoms in total. The van der Waals surface area contributed by atoms with Crippen molar-refractivity contribution in [3.63, 3.8) is 0 Å². The number of carboxylic acid groups (broad SMARTS) is 1. The van der Waals surface area contributed by atoms with E-state index in [1.54, 1.807) is 4.90 Å². The first-order chi connectivity index (χ1) is 7.52. The van der Waals surface area contributed by atoms with E-state index in [0.717, 1.165) is 6.42 Å². The molecule has 0 radical (unpaired) electrons. The minimum Gasteiger partial charge on any atom is -0.481 e. The lowest BCUT2D eigenvalue weighted by molar-refractivity contribution is -0.138. The van der Waals surface area contributed by atoms with Crippen LogP contribution in [0.2, 0.25) is 0 Å². The third-order valence-corrected chi connectivity index (χ3v) is 3.03. The van der Waals surface area contributed by atoms with E-state index in [9.17, 15) is 9.59 Å². The summed E-state index contributed by atoms with van der Waals surface area (Å²) in [6.07, 6.45) is 1.43. The van der Waals surface area contributed by atoms with Crippen LogP contribution in [0.1, 0.15) is 26.2 Å². The van der Waals surface area contributed by atoms with Crippen LogP contribution in [0.3, 0.4) is 0 Å². The monoisotopic (exact) mass is 228 g/mol. The normalized spacial score (nSPS) is 22.1. The maximum absolute atomic E-state index is 11.8. The lowest BCUT2D eigenvalue weighted by Crippen LogP contribution is -2.31. The second kappa shape index (κ2) is 5.84. The molecule has 0 aliphatic carbocycles. The summed E-state index contributed by atoms with van der Waals surface area (Å²) >= 11 is 0. The van der Waals surface area contributed by atoms with Gasteiger partial charge in [0.05, 0.1) is 0 Å². The van der Waals surface area contributed by atoms with Crippen molar-refractivity contribution in [2.75, 3.05) is 19.6 Å². The van der Waals surface area contributed by atoms with Gasteiger partial charge in [-0.25, -0.2) is 0 Å². The summed E-state index contributed by atoms with van der Waals surface area (Å²) in [5.74, 6) is -0.360. The van der Waals surface area contributed by atoms with Crippen LogP contribution >= 0.6 is 0 Å². The molecule has 2 atom stereocenters. The summed E-state index contributed by atoms with van der Waals surface area (Å²) in [6.45, 7) is 3.73. The minimum absolute atomic E-state index is 0.103. The molecule has 0 bridgehead atoms. The van der Waals surface area contributed by atoms with E-state index in [1.807, 2.05) is 6.92 Å². The summed E-state index contributed by atoms with van der Waals surface area (Å²) in [6, 6.07) is 0. The molecular formula is C11H20N2O3. The highest BCUT2D eigenvalue weighted by atomic mass is 16.4. The van der Waals surface area contributed by atoms with Crippen LogP contribution in [0.25, 0.3) is 0 Å². The van der Waals surface area contributed by atoms with Crippen molar-refractivity contribution in [2.24, 2.45) is 17.6 Å². The maximum Gasteiger partial charge on any atom is 0.303 e. The number of likely N-dealkylation sites (tertiary alicyclic amines) is 1. The second-order valence-corrected chi connectivity index (χ2v) is 4.64. The predicted octanol–water partition coefficient (Wildman–Crippen LogP) is 0.295. The van der Waals surface area contributed by atoms with Gasteiger partial charge in [0.2, 0.25) is 5.91 Å². The highest BCUT2D eigenvalue weighted by molar-refractivity contribution is 5.77. The topological polar surface area (TPSA) is 83.6 Å². The van der Waals surface area contributed by atoms with E-state index in [2.05, 4.69) is 0 Å². The molecule has 5 heteroatoms. The van der Waals surface area contributed by atoms with Gasteiger partial charge >= 0.3 is 5.97 Å². The highest BCUT2D eigenvalue weighted by Crippen LogP contribution is 2.20. The zero-order valence-corrected chi connectivity index (χ0v) is 9.69. The Morgan fingerprint density at radius 2 is 2.25 bits per heavy atom. The fourth-order valence-electron chi connectivity index (χ4n) is 1.98. The van der Waals surface area contributed by atoms with Crippen molar-refractivity contribution < 1.29 is 14.7 Å². The third-order valence-electron chi connectivity index (χ3n) is 3.03. The Labute approximate surface area is 95.6 Å². The first kappa shape index (κ1) is 13.0. The average Bonchev–Trinajstić information content (AvgIpc) is 2.65. The summed E-state index contributed by atoms with van der Waals surface area (Å²) in [4.78, 5) is 24.1. The fourth-order valence-corrected chi connectivity index (χ4v) is 1.98. The standard InChI is InChI=1S/C11H20N2O3/c1-8(6-12)4-10(14)13-3-2-9(7-13)5-11(15)16/h8-9H,2-7,12H2,1H3,(H,15,16). The molecule has 0 saturated carbocycles. The molecule has 3 N–H and O–H groups in total. The van der Waals surface area contributed by atoms with E-state index in [-0.39, 0.29) is 24.2 Å². The molecule has 0 aromatic rings. The summed E-state index contributed by atoms with van der Waals surface area (Å²) < 4.78 is 0. The Bertz CT molecular complexity index is 268. The Balaban J connectivity index is 2.34. The van der Waals surface area contributed by atoms with Crippen LogP contribution in [-0.4, -0.2) is 41.5 Å². The van der Waals surface area contributed by atoms with E-state index >= 15 is 0 Å². The molecule has 0 aromatic heterocycles. The first-order valence-electron chi connectivity index (χ1n) is 5.72. The molecule has 1 aliphatic rings. The lowest BCUT2D eigenvalue weighted by atomic mass is 10.1. The number of rotatable bonds is 5. The number of carboxylic acids is 1. The number of hydrogen-bond donors (Lipinski definition) is 2. The Morgan fingerprint density at radius 3 is 2.81 bits per heavy atom. The molecule has 0 spiro atoms. The van der Waals surface area contributed by atoms with Gasteiger partial charge in [-0.05, 0) is 24.8 Å². The van der Waals surface area contributed by atoms with Crippen LogP contribution < -0.4 is 5.73 Å². The van der Waals surface area contributed by atoms with Crippen LogP contribution in [0.15, 0.2) is 0 Å². The lowest BCUT2D eigenvalue weighted by Gasteiger charge is -2.18. The quantitative estimate of drug-likeness (QED) is 0.708. The van der Waals surface area contributed by atoms with Crippen LogP contribution in [0.4, 0.5) is 0 Å². The van der Waals surface area contributed by atoms with E-state index in [4.69, 9.17) is 10.8 Å². The molecule has 1 saturated heterocycles. The molecule has 2 unspecified atom stereocenters. The van der Waals surface area contributed by atoms with Crippen molar-refractivity contribution in [1.29, 1.82) is 0 Å². The highest BCUT2D eigenvalue weighted by Gasteiger charge is 2.27. The Hall–Kier alpha value is -1.10. The van der Waals surface area contributed by atoms with Gasteiger partial charge in [-0.15, -0.1) is 0 Å². The average molecular weight is 228 g/mol. The molecule has 16 heavy (non-hydrogen) atoms. The van der Waals surface area contributed by atoms with Crippen molar-refractivity contribution in [2.45, 2.75) is 26.2 Å². The van der Waals surface area contributed by atoms with Crippen molar-refractivity contribution in [3.8, 4) is 0 Å². The molecule has 1 rings (SSSR count). The van der Waals surface area contributed by atoms with E-state index < -0.39 is 5.97 Å². The molecule has 1 heterocycles. The summed E-state index contributed by atoms with van der Waals surface area (Å²) in [5.41, 5.74) is 5.46. The van der Waals surface area contributed by atoms with Gasteiger partial charge in [0.1, 0.15) is 0 Å². The zero-order valence-electron chi connectivity index (χ0n) is 9.69. The van der Waals surface area contributed by atoms with Crippen molar-refractivity contribution >= 4 is 11.9 Å². The van der Waals surface area contributed by atoms with Gasteiger partial charge in [-0.2, -0.15) is 0 Å². The van der Waals surface area contributed by atoms with Gasteiger partial charge in [0.25, 0.3) is 0 Å². The van der Waals surface area contributed by atoms with Crippen LogP contribution in [-0.2, 0) is 9.59 Å². The van der Waals surface area contributed by atoms with Crippen LogP contribution in [0.5, 0.6) is 0 Å². The zero-order chi connectivity index (χ0) is 12.1. The number of carbonyl (C=O) groups is 2. The number of hydrogen-bond acceptors (Lipinski definition) is 3. The van der Waals surface area contributed by atoms with Crippen molar-refractivity contribution in [3.05, 3.63) is 0 Å². The summed E-state index contributed by atoms with van der Waals surface area (Å²) in [5, 5.41) is 8.66. The molecule has 1 aliphatic heterocycles. The van der Waals surface area contributed by atoms with Gasteiger partial charge in [0, 0.05) is 25.9 Å². The third kappa shape index (κ3) is 3.81. The fraction of sp³-hybridized carbons (Fsp3) is 0.818. The first-order valence-corrected chi connectivity index (χ1v) is 5.72. The number of carbonyl (C=O) groups excluding carboxylic acids is 1. The number of amides is 1. The molecule has 92 valence electrons. The largest absolute Gasteiger partial charge is 0.481 e. The smallest absolute Gasteiger partial charge is 0.303 e. The maximum atomic E-state index is 11.8. The predicted molar refractivity (Wildman–Crippen MR) is 59.8 cm³/mol. The Morgan fingerprint density at radius 1 is 1.56 bits per heavy atom. The van der Waals surface area contributed by atoms with Gasteiger partial charge in [-0.1, -0.05) is 6.92 Å². The second-order valence-electron chi connectivity index (χ2n) is 4.64. The number of nitrogens with two attached hydrogens (primary N) is 1. The number of nitrogens with zero attached hydrogens (tertiary/aromatic N) is 1. The van der Waals surface area contributed by atoms with Gasteiger partial charge in [0.15, 0.2) is 0 Å². The van der Waals surface area contributed by atoms with Gasteiger partial charge in [-0.3, -0.25) is 9.59 Å². The molecule has 1 fully saturated rings. The van der Waals surface area contributed by atoms with Crippen molar-refractivity contribution in [1.82, 2.24) is 4.90 Å². The minimum atomic E-state index is -0.783. The number of aliphatic carboxylic acids is 1. The Kier molecular flexibility index (Phi) is 4.73. The molecule has 1 amide bonds. The van der Waals surface area contributed by atoms with E-state index in [1.165, 1.54) is 0 Å². The van der Waals surface area contributed by atoms with Crippen LogP contribution in [0, 0.1) is 11.8 Å². The molecular weight excluding hydrogens is 208 g/mol. The summed E-state index contributed by atoms with van der Waals surface area (Å²) in [7, 11) is 0.